The summed E-state index contributed by atoms with van der Waals surface area (Å²) in [5.41, 5.74) is 2.37. The molecule has 24 heavy (non-hydrogen) atoms. The van der Waals surface area contributed by atoms with Crippen LogP contribution in [-0.2, 0) is 10.8 Å². The first-order valence-electron chi connectivity index (χ1n) is 7.59. The number of aromatic amines is 1. The van der Waals surface area contributed by atoms with Crippen molar-refractivity contribution in [1.29, 1.82) is 0 Å². The van der Waals surface area contributed by atoms with Crippen molar-refractivity contribution in [3.05, 3.63) is 36.5 Å². The highest BCUT2D eigenvalue weighted by Crippen LogP contribution is 2.32. The number of nitrogens with one attached hydrogen (secondary N) is 1. The van der Waals surface area contributed by atoms with Crippen molar-refractivity contribution in [1.82, 2.24) is 15.0 Å². The third-order valence-corrected chi connectivity index (χ3v) is 4.40. The number of fused-ring (bicyclic) bond motifs is 1. The SMILES string of the molecule is COc1ccc(-c2nc3ncccc3[nH]2)c(OCCCS(C)=O)c1. The monoisotopic (exact) mass is 345 g/mol. The quantitative estimate of drug-likeness (QED) is 0.666. The minimum absolute atomic E-state index is 0.484. The van der Waals surface area contributed by atoms with Gasteiger partial charge in [0.05, 0.1) is 24.8 Å². The lowest BCUT2D eigenvalue weighted by atomic mass is 10.2. The predicted molar refractivity (Wildman–Crippen MR) is 94.9 cm³/mol. The Kier molecular flexibility index (Phi) is 5.10. The molecular formula is C17H19N3O3S. The Morgan fingerprint density at radius 1 is 1.29 bits per heavy atom. The number of benzene rings is 1. The van der Waals surface area contributed by atoms with Gasteiger partial charge in [-0.1, -0.05) is 0 Å². The van der Waals surface area contributed by atoms with Gasteiger partial charge in [-0.2, -0.15) is 0 Å². The van der Waals surface area contributed by atoms with E-state index in [0.29, 0.717) is 35.3 Å². The molecule has 1 N–H and O–H groups in total. The predicted octanol–water partition coefficient (Wildman–Crippen LogP) is 2.78. The van der Waals surface area contributed by atoms with Gasteiger partial charge in [0.25, 0.3) is 0 Å². The summed E-state index contributed by atoms with van der Waals surface area (Å²) >= 11 is 0. The van der Waals surface area contributed by atoms with E-state index < -0.39 is 10.8 Å². The van der Waals surface area contributed by atoms with Gasteiger partial charge in [0.1, 0.15) is 17.3 Å². The molecule has 7 heteroatoms. The first-order valence-corrected chi connectivity index (χ1v) is 9.32. The number of H-pyrrole nitrogens is 1. The fourth-order valence-corrected chi connectivity index (χ4v) is 2.89. The van der Waals surface area contributed by atoms with Crippen molar-refractivity contribution in [2.24, 2.45) is 0 Å². The van der Waals surface area contributed by atoms with E-state index in [2.05, 4.69) is 15.0 Å². The second kappa shape index (κ2) is 7.44. The van der Waals surface area contributed by atoms with E-state index in [1.807, 2.05) is 30.3 Å². The third kappa shape index (κ3) is 3.73. The van der Waals surface area contributed by atoms with Gasteiger partial charge in [-0.05, 0) is 30.7 Å². The van der Waals surface area contributed by atoms with E-state index in [-0.39, 0.29) is 0 Å². The van der Waals surface area contributed by atoms with Crippen molar-refractivity contribution in [2.45, 2.75) is 6.42 Å². The van der Waals surface area contributed by atoms with E-state index in [9.17, 15) is 4.21 Å². The Morgan fingerprint density at radius 3 is 2.92 bits per heavy atom. The maximum absolute atomic E-state index is 11.2. The second-order valence-electron chi connectivity index (χ2n) is 5.30. The van der Waals surface area contributed by atoms with Crippen LogP contribution in [0.4, 0.5) is 0 Å². The van der Waals surface area contributed by atoms with Gasteiger partial charge in [0, 0.05) is 35.1 Å². The molecule has 0 radical (unpaired) electrons. The van der Waals surface area contributed by atoms with E-state index in [0.717, 1.165) is 17.5 Å². The molecule has 0 aliphatic rings. The van der Waals surface area contributed by atoms with Crippen LogP contribution in [-0.4, -0.2) is 44.9 Å². The number of nitrogens with zero attached hydrogens (tertiary/aromatic N) is 2. The van der Waals surface area contributed by atoms with E-state index in [1.54, 1.807) is 19.6 Å². The van der Waals surface area contributed by atoms with Crippen LogP contribution in [0.2, 0.25) is 0 Å². The first kappa shape index (κ1) is 16.4. The molecule has 2 heterocycles. The number of hydrogen-bond donors (Lipinski definition) is 1. The number of aromatic nitrogens is 3. The molecule has 0 aliphatic heterocycles. The van der Waals surface area contributed by atoms with E-state index in [4.69, 9.17) is 9.47 Å². The smallest absolute Gasteiger partial charge is 0.178 e. The highest BCUT2D eigenvalue weighted by Gasteiger charge is 2.13. The molecule has 1 atom stereocenters. The Balaban J connectivity index is 1.89. The van der Waals surface area contributed by atoms with Crippen molar-refractivity contribution >= 4 is 22.0 Å². The molecule has 0 saturated carbocycles. The molecule has 0 spiro atoms. The average molecular weight is 345 g/mol. The van der Waals surface area contributed by atoms with Crippen LogP contribution in [0.15, 0.2) is 36.5 Å². The maximum atomic E-state index is 11.2. The van der Waals surface area contributed by atoms with Crippen molar-refractivity contribution in [3.8, 4) is 22.9 Å². The molecule has 1 unspecified atom stereocenters. The number of imidazole rings is 1. The molecule has 3 rings (SSSR count). The summed E-state index contributed by atoms with van der Waals surface area (Å²) in [4.78, 5) is 12.0. The van der Waals surface area contributed by atoms with Crippen LogP contribution in [0, 0.1) is 0 Å². The number of hydrogen-bond acceptors (Lipinski definition) is 5. The number of ether oxygens (including phenoxy) is 2. The molecule has 3 aromatic rings. The summed E-state index contributed by atoms with van der Waals surface area (Å²) in [6.45, 7) is 0.484. The standard InChI is InChI=1S/C17H19N3O3S/c1-22-12-6-7-13(15(11-12)23-9-4-10-24(2)21)16-19-14-5-3-8-18-17(14)20-16/h3,5-8,11H,4,9-10H2,1-2H3,(H,18,19,20). The lowest BCUT2D eigenvalue weighted by Crippen LogP contribution is -2.04. The van der Waals surface area contributed by atoms with Gasteiger partial charge in [-0.3, -0.25) is 4.21 Å². The van der Waals surface area contributed by atoms with Gasteiger partial charge in [-0.25, -0.2) is 9.97 Å². The molecular weight excluding hydrogens is 326 g/mol. The van der Waals surface area contributed by atoms with Crippen molar-refractivity contribution < 1.29 is 13.7 Å². The molecule has 0 amide bonds. The zero-order valence-electron chi connectivity index (χ0n) is 13.6. The molecule has 2 aromatic heterocycles. The Labute approximate surface area is 142 Å². The van der Waals surface area contributed by atoms with Crippen LogP contribution >= 0.6 is 0 Å². The molecule has 126 valence electrons. The Morgan fingerprint density at radius 2 is 2.17 bits per heavy atom. The molecule has 0 saturated heterocycles. The second-order valence-corrected chi connectivity index (χ2v) is 6.86. The van der Waals surface area contributed by atoms with E-state index >= 15 is 0 Å². The fraction of sp³-hybridized carbons (Fsp3) is 0.294. The first-order chi connectivity index (χ1) is 11.7. The Hall–Kier alpha value is -2.41. The van der Waals surface area contributed by atoms with Gasteiger partial charge >= 0.3 is 0 Å². The molecule has 6 nitrogen and oxygen atoms in total. The van der Waals surface area contributed by atoms with Crippen LogP contribution in [0.1, 0.15) is 6.42 Å². The molecule has 0 fully saturated rings. The van der Waals surface area contributed by atoms with Crippen LogP contribution in [0.3, 0.4) is 0 Å². The van der Waals surface area contributed by atoms with Crippen molar-refractivity contribution in [3.63, 3.8) is 0 Å². The summed E-state index contributed by atoms with van der Waals surface area (Å²) in [5.74, 6) is 2.70. The fourth-order valence-electron chi connectivity index (χ4n) is 2.36. The molecule has 0 bridgehead atoms. The van der Waals surface area contributed by atoms with Gasteiger partial charge in [-0.15, -0.1) is 0 Å². The minimum Gasteiger partial charge on any atom is -0.497 e. The van der Waals surface area contributed by atoms with Crippen LogP contribution in [0.5, 0.6) is 11.5 Å². The maximum Gasteiger partial charge on any atom is 0.178 e. The highest BCUT2D eigenvalue weighted by atomic mass is 32.2. The van der Waals surface area contributed by atoms with Gasteiger partial charge in [0.15, 0.2) is 5.65 Å². The van der Waals surface area contributed by atoms with E-state index in [1.165, 1.54) is 0 Å². The lowest BCUT2D eigenvalue weighted by Gasteiger charge is -2.11. The van der Waals surface area contributed by atoms with Gasteiger partial charge in [0.2, 0.25) is 0 Å². The highest BCUT2D eigenvalue weighted by molar-refractivity contribution is 7.84. The summed E-state index contributed by atoms with van der Waals surface area (Å²) in [5, 5.41) is 0. The largest absolute Gasteiger partial charge is 0.497 e. The molecule has 0 aliphatic carbocycles. The summed E-state index contributed by atoms with van der Waals surface area (Å²) < 4.78 is 22.3. The zero-order chi connectivity index (χ0) is 16.9. The summed E-state index contributed by atoms with van der Waals surface area (Å²) in [6, 6.07) is 9.40. The van der Waals surface area contributed by atoms with Gasteiger partial charge < -0.3 is 14.5 Å². The third-order valence-electron chi connectivity index (χ3n) is 3.54. The average Bonchev–Trinajstić information content (AvgIpc) is 3.02. The van der Waals surface area contributed by atoms with Crippen LogP contribution in [0.25, 0.3) is 22.6 Å². The normalized spacial score (nSPS) is 12.2. The number of rotatable bonds is 7. The topological polar surface area (TPSA) is 77.1 Å². The number of pyridine rings is 1. The van der Waals surface area contributed by atoms with Crippen LogP contribution < -0.4 is 9.47 Å². The lowest BCUT2D eigenvalue weighted by molar-refractivity contribution is 0.316. The zero-order valence-corrected chi connectivity index (χ0v) is 14.4. The summed E-state index contributed by atoms with van der Waals surface area (Å²) in [6.07, 6.45) is 4.13. The molecule has 1 aromatic carbocycles. The Bertz CT molecular complexity index is 830. The number of methoxy groups -OCH3 is 1. The van der Waals surface area contributed by atoms with Crippen molar-refractivity contribution in [2.75, 3.05) is 25.7 Å². The minimum atomic E-state index is -0.813. The summed E-state index contributed by atoms with van der Waals surface area (Å²) in [7, 11) is 0.802.